The largest absolute Gasteiger partial charge is 0.494 e. The Morgan fingerprint density at radius 1 is 0.907 bits per heavy atom. The normalized spacial score (nSPS) is 14.1. The van der Waals surface area contributed by atoms with E-state index in [-0.39, 0.29) is 12.4 Å². The van der Waals surface area contributed by atoms with Crippen LogP contribution in [0.4, 0.5) is 4.79 Å². The number of benzene rings is 3. The second-order valence-corrected chi connectivity index (χ2v) is 10.9. The van der Waals surface area contributed by atoms with Crippen LogP contribution in [0.5, 0.6) is 5.75 Å². The van der Waals surface area contributed by atoms with E-state index < -0.39 is 23.3 Å². The summed E-state index contributed by atoms with van der Waals surface area (Å²) in [5, 5.41) is 6.70. The third-order valence-corrected chi connectivity index (χ3v) is 7.70. The van der Waals surface area contributed by atoms with Crippen molar-refractivity contribution in [2.24, 2.45) is 5.73 Å². The van der Waals surface area contributed by atoms with Crippen LogP contribution in [0, 0.1) is 0 Å². The maximum Gasteiger partial charge on any atom is 0.408 e. The van der Waals surface area contributed by atoms with Crippen LogP contribution >= 0.6 is 0 Å². The van der Waals surface area contributed by atoms with Gasteiger partial charge in [-0.25, -0.2) is 4.79 Å². The molecule has 224 valence electrons. The van der Waals surface area contributed by atoms with Crippen molar-refractivity contribution in [3.8, 4) is 5.75 Å². The maximum absolute atomic E-state index is 13.4. The van der Waals surface area contributed by atoms with Crippen LogP contribution in [0.25, 0.3) is 0 Å². The number of ketones is 1. The highest BCUT2D eigenvalue weighted by Gasteiger charge is 2.51. The lowest BCUT2D eigenvalue weighted by molar-refractivity contribution is 0.0896. The SMILES string of the molecule is NCCCCC(NC(=O)OCc1ccccc1)C(=O)c1noc(C2(c3ccc(OCCCc4ccccc4)cc3)CC2)n1. The molecule has 0 saturated heterocycles. The van der Waals surface area contributed by atoms with Gasteiger partial charge in [-0.2, -0.15) is 4.98 Å². The van der Waals surface area contributed by atoms with Crippen molar-refractivity contribution in [2.75, 3.05) is 13.2 Å². The number of carbonyl (C=O) groups is 2. The number of hydrogen-bond donors (Lipinski definition) is 2. The number of rotatable bonds is 16. The van der Waals surface area contributed by atoms with E-state index in [2.05, 4.69) is 27.6 Å². The van der Waals surface area contributed by atoms with Crippen molar-refractivity contribution in [1.82, 2.24) is 15.5 Å². The minimum absolute atomic E-state index is 0.0549. The molecule has 1 amide bonds. The Balaban J connectivity index is 1.18. The lowest BCUT2D eigenvalue weighted by atomic mass is 9.96. The van der Waals surface area contributed by atoms with Crippen molar-refractivity contribution in [3.63, 3.8) is 0 Å². The van der Waals surface area contributed by atoms with Crippen molar-refractivity contribution in [2.45, 2.75) is 63.0 Å². The molecule has 1 fully saturated rings. The second kappa shape index (κ2) is 14.6. The number of ether oxygens (including phenoxy) is 2. The van der Waals surface area contributed by atoms with E-state index in [1.54, 1.807) is 0 Å². The summed E-state index contributed by atoms with van der Waals surface area (Å²) in [5.74, 6) is 0.735. The lowest BCUT2D eigenvalue weighted by Crippen LogP contribution is -2.41. The fourth-order valence-corrected chi connectivity index (χ4v) is 5.07. The molecule has 0 spiro atoms. The van der Waals surface area contributed by atoms with Crippen LogP contribution in [-0.4, -0.2) is 41.2 Å². The molecule has 1 aromatic heterocycles. The zero-order valence-electron chi connectivity index (χ0n) is 24.2. The molecule has 9 heteroatoms. The number of unbranched alkanes of at least 4 members (excludes halogenated alkanes) is 1. The number of alkyl carbamates (subject to hydrolysis) is 1. The number of carbonyl (C=O) groups excluding carboxylic acids is 2. The van der Waals surface area contributed by atoms with Gasteiger partial charge in [0.2, 0.25) is 17.5 Å². The maximum atomic E-state index is 13.4. The van der Waals surface area contributed by atoms with Crippen LogP contribution < -0.4 is 15.8 Å². The van der Waals surface area contributed by atoms with E-state index >= 15 is 0 Å². The quantitative estimate of drug-likeness (QED) is 0.126. The standard InChI is InChI=1S/C34H38N4O5/c35-22-8-7-15-29(36-33(40)42-24-26-12-5-2-6-13-26)30(39)31-37-32(43-38-31)34(20-21-34)27-16-18-28(19-17-27)41-23-9-14-25-10-3-1-4-11-25/h1-6,10-13,16-19,29H,7-9,14-15,20-24,35H2,(H,36,40). The summed E-state index contributed by atoms with van der Waals surface area (Å²) in [6.45, 7) is 1.23. The van der Waals surface area contributed by atoms with Gasteiger partial charge >= 0.3 is 6.09 Å². The van der Waals surface area contributed by atoms with Gasteiger partial charge in [0.15, 0.2) is 0 Å². The van der Waals surface area contributed by atoms with Gasteiger partial charge in [0.05, 0.1) is 18.1 Å². The first kappa shape index (κ1) is 30.0. The molecule has 5 rings (SSSR count). The molecule has 3 aromatic carbocycles. The number of hydrogen-bond acceptors (Lipinski definition) is 8. The van der Waals surface area contributed by atoms with Gasteiger partial charge < -0.3 is 25.0 Å². The number of nitrogens with two attached hydrogens (primary N) is 1. The van der Waals surface area contributed by atoms with Crippen molar-refractivity contribution >= 4 is 11.9 Å². The number of amides is 1. The smallest absolute Gasteiger partial charge is 0.408 e. The molecule has 1 heterocycles. The van der Waals surface area contributed by atoms with Gasteiger partial charge in [0.1, 0.15) is 12.4 Å². The first-order chi connectivity index (χ1) is 21.1. The molecule has 3 N–H and O–H groups in total. The summed E-state index contributed by atoms with van der Waals surface area (Å²) in [7, 11) is 0. The predicted molar refractivity (Wildman–Crippen MR) is 162 cm³/mol. The Morgan fingerprint density at radius 2 is 1.60 bits per heavy atom. The molecule has 43 heavy (non-hydrogen) atoms. The minimum Gasteiger partial charge on any atom is -0.494 e. The van der Waals surface area contributed by atoms with Gasteiger partial charge in [-0.1, -0.05) is 78.0 Å². The highest BCUT2D eigenvalue weighted by Crippen LogP contribution is 2.53. The summed E-state index contributed by atoms with van der Waals surface area (Å²) < 4.78 is 16.9. The molecule has 1 atom stereocenters. The Hall–Kier alpha value is -4.50. The first-order valence-electron chi connectivity index (χ1n) is 14.9. The van der Waals surface area contributed by atoms with Gasteiger partial charge in [-0.3, -0.25) is 4.79 Å². The average Bonchev–Trinajstić information content (AvgIpc) is 3.71. The van der Waals surface area contributed by atoms with Crippen molar-refractivity contribution < 1.29 is 23.6 Å². The lowest BCUT2D eigenvalue weighted by Gasteiger charge is -2.16. The van der Waals surface area contributed by atoms with E-state index in [0.717, 1.165) is 49.0 Å². The summed E-state index contributed by atoms with van der Waals surface area (Å²) in [6.07, 6.45) is 4.66. The van der Waals surface area contributed by atoms with E-state index in [1.165, 1.54) is 5.56 Å². The molecule has 0 radical (unpaired) electrons. The Kier molecular flexibility index (Phi) is 10.2. The van der Waals surface area contributed by atoms with E-state index in [9.17, 15) is 9.59 Å². The van der Waals surface area contributed by atoms with Gasteiger partial charge in [-0.05, 0) is 80.3 Å². The number of Topliss-reactive ketones (excluding diaryl/α,β-unsaturated/α-hetero) is 1. The predicted octanol–water partition coefficient (Wildman–Crippen LogP) is 5.77. The Bertz CT molecular complexity index is 1450. The highest BCUT2D eigenvalue weighted by atomic mass is 16.5. The zero-order valence-corrected chi connectivity index (χ0v) is 24.2. The fraction of sp³-hybridized carbons (Fsp3) is 0.353. The van der Waals surface area contributed by atoms with E-state index in [4.69, 9.17) is 19.7 Å². The molecule has 1 unspecified atom stereocenters. The van der Waals surface area contributed by atoms with Crippen LogP contribution in [0.1, 0.15) is 71.7 Å². The van der Waals surface area contributed by atoms with Gasteiger partial charge in [0, 0.05) is 0 Å². The van der Waals surface area contributed by atoms with Gasteiger partial charge in [0.25, 0.3) is 0 Å². The van der Waals surface area contributed by atoms with Crippen molar-refractivity contribution in [3.05, 3.63) is 113 Å². The third kappa shape index (κ3) is 8.08. The van der Waals surface area contributed by atoms with E-state index in [1.807, 2.05) is 72.8 Å². The molecule has 4 aromatic rings. The average molecular weight is 583 g/mol. The molecular formula is C34H38N4O5. The summed E-state index contributed by atoms with van der Waals surface area (Å²) in [6, 6.07) is 26.8. The summed E-state index contributed by atoms with van der Waals surface area (Å²) in [5.41, 5.74) is 8.41. The molecule has 1 aliphatic rings. The Labute approximate surface area is 251 Å². The zero-order chi connectivity index (χ0) is 29.9. The van der Waals surface area contributed by atoms with E-state index in [0.29, 0.717) is 31.9 Å². The monoisotopic (exact) mass is 582 g/mol. The van der Waals surface area contributed by atoms with Gasteiger partial charge in [-0.15, -0.1) is 0 Å². The first-order valence-corrected chi connectivity index (χ1v) is 14.9. The van der Waals surface area contributed by atoms with Crippen LogP contribution in [0.15, 0.2) is 89.5 Å². The Morgan fingerprint density at radius 3 is 2.28 bits per heavy atom. The van der Waals surface area contributed by atoms with Crippen LogP contribution in [0.3, 0.4) is 0 Å². The number of aryl methyl sites for hydroxylation is 1. The molecule has 1 aliphatic carbocycles. The molecule has 0 aliphatic heterocycles. The summed E-state index contributed by atoms with van der Waals surface area (Å²) in [4.78, 5) is 30.5. The van der Waals surface area contributed by atoms with Crippen LogP contribution in [-0.2, 0) is 23.2 Å². The highest BCUT2D eigenvalue weighted by molar-refractivity contribution is 5.98. The molecular weight excluding hydrogens is 544 g/mol. The molecule has 1 saturated carbocycles. The van der Waals surface area contributed by atoms with Crippen LogP contribution in [0.2, 0.25) is 0 Å². The second-order valence-electron chi connectivity index (χ2n) is 10.9. The van der Waals surface area contributed by atoms with Crippen molar-refractivity contribution in [1.29, 1.82) is 0 Å². The summed E-state index contributed by atoms with van der Waals surface area (Å²) >= 11 is 0. The number of aromatic nitrogens is 2. The number of nitrogens with zero attached hydrogens (tertiary/aromatic N) is 2. The minimum atomic E-state index is -0.853. The molecule has 9 nitrogen and oxygen atoms in total. The topological polar surface area (TPSA) is 130 Å². The molecule has 0 bridgehead atoms. The number of nitrogens with one attached hydrogen (secondary N) is 1. The third-order valence-electron chi connectivity index (χ3n) is 7.70. The fourth-order valence-electron chi connectivity index (χ4n) is 5.07.